The lowest BCUT2D eigenvalue weighted by Gasteiger charge is -2.59. The third-order valence-corrected chi connectivity index (χ3v) is 20.9. The van der Waals surface area contributed by atoms with Gasteiger partial charge in [0.1, 0.15) is 35.6 Å². The number of aliphatic hydroxyl groups is 4. The van der Waals surface area contributed by atoms with Gasteiger partial charge in [-0.1, -0.05) is 31.7 Å². The molecular weight excluding hydrogens is 1090 g/mol. The molecule has 6 N–H and O–H groups in total. The fourth-order valence-electron chi connectivity index (χ4n) is 15.8. The Morgan fingerprint density at radius 1 is 0.688 bits per heavy atom. The van der Waals surface area contributed by atoms with E-state index in [0.29, 0.717) is 69.8 Å². The normalized spacial score (nSPS) is 50.8. The molecule has 0 amide bonds. The summed E-state index contributed by atoms with van der Waals surface area (Å²) in [4.78, 5) is 0. The van der Waals surface area contributed by atoms with Crippen LogP contribution in [0.1, 0.15) is 131 Å². The molecule has 0 spiro atoms. The molecule has 0 radical (unpaired) electrons. The molecule has 11 saturated heterocycles. The maximum atomic E-state index is 12.3. The molecule has 0 aliphatic carbocycles. The van der Waals surface area contributed by atoms with E-state index in [1.165, 1.54) is 19.1 Å². The summed E-state index contributed by atoms with van der Waals surface area (Å²) >= 11 is 0. The van der Waals surface area contributed by atoms with Crippen LogP contribution in [0.5, 0.6) is 0 Å². The Hall–Kier alpha value is -1.64. The van der Waals surface area contributed by atoms with E-state index >= 15 is 0 Å². The number of aliphatic hydroxyl groups excluding tert-OH is 2. The molecule has 0 saturated carbocycles. The predicted molar refractivity (Wildman–Crippen MR) is 279 cm³/mol. The first-order chi connectivity index (χ1) is 37.4. The van der Waals surface area contributed by atoms with Crippen LogP contribution in [0, 0.1) is 5.92 Å². The van der Waals surface area contributed by atoms with Crippen molar-refractivity contribution >= 4 is 20.8 Å². The van der Waals surface area contributed by atoms with Crippen LogP contribution < -0.4 is 0 Å². The Bertz CT molecular complexity index is 2570. The minimum atomic E-state index is -4.95. The van der Waals surface area contributed by atoms with Crippen LogP contribution in [0.3, 0.4) is 0 Å². The van der Waals surface area contributed by atoms with Crippen molar-refractivity contribution < 1.29 is 107 Å². The number of hydrogen-bond acceptors (Lipinski definition) is 21. The number of hydrogen-bond donors (Lipinski definition) is 6. The SMILES string of the molecule is C=CCC(O)(/C=C/C[C@@](C)(O)[C@H]1O[C@@H]2C[C@@H]3O[C@@H]4C[C@@H]5O[C@@H]6C[C@@H]7O[C@@H]8C[C@@H]9O[C@@H]%10C[C@@H]%11O[C@](C)(CCOS(=O)(=O)O)[C@@H](OS(=O)(=O)O)C[C@H]%11O[C@H]%10C[C@H]9O[C@H]8CC[C@@]7(C)O[C@@]6(C)C[C@H](C)[C@H]5O[C@H]4[C@@H](O)[C@@]3(C)O[C@H]2CC1=C)CO. The van der Waals surface area contributed by atoms with Gasteiger partial charge in [-0.15, -0.1) is 6.58 Å². The van der Waals surface area contributed by atoms with Crippen molar-refractivity contribution in [2.24, 2.45) is 5.92 Å². The van der Waals surface area contributed by atoms with Crippen molar-refractivity contribution in [3.63, 3.8) is 0 Å². The summed E-state index contributed by atoms with van der Waals surface area (Å²) in [5.41, 5.74) is -6.27. The van der Waals surface area contributed by atoms with Crippen LogP contribution in [0.4, 0.5) is 0 Å². The van der Waals surface area contributed by atoms with Gasteiger partial charge in [0, 0.05) is 51.4 Å². The number of rotatable bonds is 13. The zero-order chi connectivity index (χ0) is 57.3. The Morgan fingerprint density at radius 3 is 1.94 bits per heavy atom. The largest absolute Gasteiger partial charge is 0.397 e. The van der Waals surface area contributed by atoms with Gasteiger partial charge in [-0.3, -0.25) is 9.11 Å². The molecule has 80 heavy (non-hydrogen) atoms. The van der Waals surface area contributed by atoms with Gasteiger partial charge < -0.3 is 72.5 Å². The standard InChI is InChI=1S/C55H84O23S2/c1-9-12-55(59,27-56)14-10-13-50(4,58)49-28(2)18-38-37(73-49)24-45-54(8,76-38)48(57)47-41(72-45)22-40-46(74-47)29(3)26-53(7)43(71-40)25-42-52(6,78-53)15-11-30-31(70-42)19-33-32(67-30)20-34-35(68-33)21-39-36(69-34)23-44(77-80(63,64)65)51(5,75-39)16-17-66-79(60,61)62/h9-10,14,29-49,56-59H,1-2,11-13,15-27H2,3-8H3,(H,60,61,62)(H,63,64,65)/b14-10+/t29-,30-,31+,32+,33-,34-,35+,36+,37+,38-,39-,40-,41+,42-,43+,44-,45-,46+,47+,48+,49-,50+,51+,52+,53-,54-,55?/m0/s1. The predicted octanol–water partition coefficient (Wildman–Crippen LogP) is 3.23. The topological polar surface area (TPSA) is 310 Å². The van der Waals surface area contributed by atoms with Gasteiger partial charge in [0.15, 0.2) is 0 Å². The van der Waals surface area contributed by atoms with Crippen molar-refractivity contribution in [1.82, 2.24) is 0 Å². The second-order valence-corrected chi connectivity index (χ2v) is 28.3. The first-order valence-electron chi connectivity index (χ1n) is 28.7. The highest BCUT2D eigenvalue weighted by Crippen LogP contribution is 2.55. The molecule has 11 aliphatic heterocycles. The Kier molecular flexibility index (Phi) is 16.3. The van der Waals surface area contributed by atoms with Gasteiger partial charge >= 0.3 is 20.8 Å². The summed E-state index contributed by atoms with van der Waals surface area (Å²) in [6.07, 6.45) is -0.901. The van der Waals surface area contributed by atoms with Gasteiger partial charge in [-0.2, -0.15) is 16.8 Å². The van der Waals surface area contributed by atoms with E-state index in [4.69, 9.17) is 60.8 Å². The van der Waals surface area contributed by atoms with Crippen molar-refractivity contribution in [1.29, 1.82) is 0 Å². The van der Waals surface area contributed by atoms with E-state index in [0.717, 1.165) is 0 Å². The fourth-order valence-corrected chi connectivity index (χ4v) is 16.7. The highest BCUT2D eigenvalue weighted by atomic mass is 32.3. The highest BCUT2D eigenvalue weighted by Gasteiger charge is 2.66. The average molecular weight is 1180 g/mol. The van der Waals surface area contributed by atoms with Gasteiger partial charge in [-0.25, -0.2) is 8.37 Å². The lowest BCUT2D eigenvalue weighted by molar-refractivity contribution is -0.362. The summed E-state index contributed by atoms with van der Waals surface area (Å²) in [7, 11) is -9.75. The molecule has 0 bridgehead atoms. The lowest BCUT2D eigenvalue weighted by Crippen LogP contribution is -2.73. The molecule has 0 aromatic heterocycles. The number of ether oxygens (including phenoxy) is 11. The molecule has 11 heterocycles. The van der Waals surface area contributed by atoms with E-state index in [2.05, 4.69) is 38.1 Å². The van der Waals surface area contributed by atoms with E-state index in [-0.39, 0.29) is 74.3 Å². The van der Waals surface area contributed by atoms with Gasteiger partial charge in [0.05, 0.1) is 133 Å². The molecule has 23 nitrogen and oxygen atoms in total. The summed E-state index contributed by atoms with van der Waals surface area (Å²) in [5.74, 6) is -0.0358. The average Bonchev–Trinajstić information content (AvgIpc) is 3.73. The van der Waals surface area contributed by atoms with Gasteiger partial charge in [-0.05, 0) is 84.6 Å². The summed E-state index contributed by atoms with van der Waals surface area (Å²) in [6.45, 7) is 18.3. The minimum Gasteiger partial charge on any atom is -0.393 e. The molecule has 25 heteroatoms. The summed E-state index contributed by atoms with van der Waals surface area (Å²) in [6, 6.07) is 0. The molecule has 27 atom stereocenters. The van der Waals surface area contributed by atoms with Crippen molar-refractivity contribution in [3.05, 3.63) is 37.0 Å². The molecular formula is C55H84O23S2. The molecule has 454 valence electrons. The Morgan fingerprint density at radius 2 is 1.27 bits per heavy atom. The zero-order valence-electron chi connectivity index (χ0n) is 46.5. The highest BCUT2D eigenvalue weighted by molar-refractivity contribution is 7.81. The van der Waals surface area contributed by atoms with Crippen molar-refractivity contribution in [2.45, 2.75) is 287 Å². The molecule has 11 rings (SSSR count). The monoisotopic (exact) mass is 1180 g/mol. The van der Waals surface area contributed by atoms with Gasteiger partial charge in [0.2, 0.25) is 0 Å². The lowest BCUT2D eigenvalue weighted by atomic mass is 9.73. The quantitative estimate of drug-likeness (QED) is 0.114. The van der Waals surface area contributed by atoms with E-state index in [1.54, 1.807) is 13.0 Å². The van der Waals surface area contributed by atoms with E-state index in [1.807, 2.05) is 6.92 Å². The van der Waals surface area contributed by atoms with E-state index < -0.39 is 147 Å². The second-order valence-electron chi connectivity index (χ2n) is 26.2. The molecule has 0 aromatic carbocycles. The van der Waals surface area contributed by atoms with E-state index in [9.17, 15) is 41.8 Å². The van der Waals surface area contributed by atoms with Crippen LogP contribution in [0.2, 0.25) is 0 Å². The second kappa shape index (κ2) is 21.6. The van der Waals surface area contributed by atoms with Gasteiger partial charge in [0.25, 0.3) is 0 Å². The smallest absolute Gasteiger partial charge is 0.393 e. The van der Waals surface area contributed by atoms with Crippen LogP contribution in [0.25, 0.3) is 0 Å². The van der Waals surface area contributed by atoms with Crippen molar-refractivity contribution in [3.8, 4) is 0 Å². The van der Waals surface area contributed by atoms with Crippen LogP contribution in [-0.2, 0) is 81.3 Å². The summed E-state index contributed by atoms with van der Waals surface area (Å²) < 4.78 is 151. The molecule has 11 fully saturated rings. The third kappa shape index (κ3) is 11.6. The maximum Gasteiger partial charge on any atom is 0.397 e. The van der Waals surface area contributed by atoms with Crippen LogP contribution in [0.15, 0.2) is 37.0 Å². The zero-order valence-corrected chi connectivity index (χ0v) is 48.2. The molecule has 11 aliphatic rings. The Balaban J connectivity index is 0.736. The van der Waals surface area contributed by atoms with Crippen molar-refractivity contribution in [2.75, 3.05) is 13.2 Å². The Labute approximate surface area is 469 Å². The van der Waals surface area contributed by atoms with Crippen LogP contribution >= 0.6 is 0 Å². The maximum absolute atomic E-state index is 12.3. The molecule has 1 unspecified atom stereocenters. The summed E-state index contributed by atoms with van der Waals surface area (Å²) in [5, 5.41) is 44.5. The minimum absolute atomic E-state index is 0.00537. The fraction of sp³-hybridized carbons (Fsp3) is 0.891. The first-order valence-corrected chi connectivity index (χ1v) is 31.4. The first kappa shape index (κ1) is 60.1. The third-order valence-electron chi connectivity index (χ3n) is 20.0. The number of fused-ring (bicyclic) bond motifs is 10. The molecule has 0 aromatic rings. The van der Waals surface area contributed by atoms with Crippen LogP contribution in [-0.4, -0.2) is 215 Å².